The van der Waals surface area contributed by atoms with Crippen LogP contribution in [0.5, 0.6) is 0 Å². The first kappa shape index (κ1) is 18.8. The molecule has 9 heteroatoms. The van der Waals surface area contributed by atoms with Gasteiger partial charge in [-0.05, 0) is 24.3 Å². The van der Waals surface area contributed by atoms with Crippen LogP contribution < -0.4 is 4.90 Å². The van der Waals surface area contributed by atoms with Crippen LogP contribution in [0, 0.1) is 0 Å². The average Bonchev–Trinajstić information content (AvgIpc) is 3.41. The van der Waals surface area contributed by atoms with E-state index in [0.29, 0.717) is 35.6 Å². The zero-order chi connectivity index (χ0) is 20.7. The van der Waals surface area contributed by atoms with Gasteiger partial charge in [0.05, 0.1) is 18.8 Å². The molecule has 152 valence electrons. The Morgan fingerprint density at radius 1 is 1.13 bits per heavy atom. The molecule has 8 nitrogen and oxygen atoms in total. The van der Waals surface area contributed by atoms with Gasteiger partial charge < -0.3 is 14.2 Å². The Balaban J connectivity index is 1.42. The number of anilines is 1. The van der Waals surface area contributed by atoms with Crippen molar-refractivity contribution in [3.63, 3.8) is 0 Å². The second-order valence-corrected chi connectivity index (χ2v) is 7.66. The molecule has 0 radical (unpaired) electrons. The molecular weight excluding hydrogens is 404 g/mol. The van der Waals surface area contributed by atoms with E-state index < -0.39 is 0 Å². The minimum atomic E-state index is -0.185. The van der Waals surface area contributed by atoms with Gasteiger partial charge in [-0.15, -0.1) is 5.10 Å². The first-order valence-electron chi connectivity index (χ1n) is 9.50. The molecule has 3 heterocycles. The molecule has 1 aliphatic heterocycles. The summed E-state index contributed by atoms with van der Waals surface area (Å²) in [5, 5.41) is 13.3. The molecule has 0 aliphatic carbocycles. The highest BCUT2D eigenvalue weighted by Gasteiger charge is 2.28. The second kappa shape index (κ2) is 7.55. The van der Waals surface area contributed by atoms with Crippen molar-refractivity contribution in [3.8, 4) is 23.0 Å². The normalized spacial score (nSPS) is 15.8. The van der Waals surface area contributed by atoms with E-state index in [0.717, 1.165) is 22.5 Å². The molecule has 0 fully saturated rings. The number of hydrogen-bond acceptors (Lipinski definition) is 7. The van der Waals surface area contributed by atoms with Gasteiger partial charge in [0, 0.05) is 35.9 Å². The van der Waals surface area contributed by atoms with E-state index in [1.807, 2.05) is 72.2 Å². The number of aromatic nitrogens is 5. The lowest BCUT2D eigenvalue weighted by atomic mass is 10.1. The Kier molecular flexibility index (Phi) is 4.72. The van der Waals surface area contributed by atoms with E-state index in [1.165, 1.54) is 0 Å². The number of hydrogen-bond donors (Lipinski definition) is 0. The molecule has 2 aromatic heterocycles. The molecule has 0 bridgehead atoms. The summed E-state index contributed by atoms with van der Waals surface area (Å²) in [7, 11) is 3.97. The largest absolute Gasteiger partial charge is 0.378 e. The van der Waals surface area contributed by atoms with Crippen molar-refractivity contribution in [1.29, 1.82) is 0 Å². The van der Waals surface area contributed by atoms with Gasteiger partial charge in [-0.2, -0.15) is 4.98 Å². The summed E-state index contributed by atoms with van der Waals surface area (Å²) in [6.07, 6.45) is -0.185. The highest BCUT2D eigenvalue weighted by atomic mass is 35.5. The van der Waals surface area contributed by atoms with E-state index in [1.54, 1.807) is 0 Å². The molecule has 1 atom stereocenters. The maximum absolute atomic E-state index is 6.32. The molecule has 0 unspecified atom stereocenters. The molecule has 30 heavy (non-hydrogen) atoms. The highest BCUT2D eigenvalue weighted by molar-refractivity contribution is 6.31. The third kappa shape index (κ3) is 3.34. The Labute approximate surface area is 178 Å². The van der Waals surface area contributed by atoms with Crippen molar-refractivity contribution in [2.24, 2.45) is 0 Å². The molecule has 5 rings (SSSR count). The molecule has 0 spiro atoms. The van der Waals surface area contributed by atoms with Gasteiger partial charge >= 0.3 is 0 Å². The van der Waals surface area contributed by atoms with Gasteiger partial charge in [0.15, 0.2) is 5.69 Å². The molecule has 2 aromatic carbocycles. The molecule has 0 N–H and O–H groups in total. The monoisotopic (exact) mass is 422 g/mol. The lowest BCUT2D eigenvalue weighted by Gasteiger charge is -2.24. The summed E-state index contributed by atoms with van der Waals surface area (Å²) in [4.78, 5) is 6.55. The Bertz CT molecular complexity index is 1200. The zero-order valence-electron chi connectivity index (χ0n) is 16.5. The van der Waals surface area contributed by atoms with Gasteiger partial charge in [0.2, 0.25) is 5.82 Å². The molecule has 4 aromatic rings. The van der Waals surface area contributed by atoms with Crippen molar-refractivity contribution < 1.29 is 9.26 Å². The van der Waals surface area contributed by atoms with Crippen LogP contribution in [0.1, 0.15) is 17.4 Å². The number of fused-ring (bicyclic) bond motifs is 1. The van der Waals surface area contributed by atoms with Crippen LogP contribution in [0.15, 0.2) is 53.1 Å². The minimum Gasteiger partial charge on any atom is -0.378 e. The van der Waals surface area contributed by atoms with Crippen LogP contribution in [-0.4, -0.2) is 39.2 Å². The van der Waals surface area contributed by atoms with E-state index in [9.17, 15) is 0 Å². The van der Waals surface area contributed by atoms with Crippen molar-refractivity contribution in [2.75, 3.05) is 19.0 Å². The molecule has 0 saturated carbocycles. The van der Waals surface area contributed by atoms with Gasteiger partial charge in [-0.25, -0.2) is 4.68 Å². The minimum absolute atomic E-state index is 0.185. The van der Waals surface area contributed by atoms with Gasteiger partial charge in [-0.3, -0.25) is 0 Å². The maximum Gasteiger partial charge on any atom is 0.258 e. The Hall–Kier alpha value is -3.23. The number of rotatable bonds is 4. The average molecular weight is 423 g/mol. The van der Waals surface area contributed by atoms with Crippen molar-refractivity contribution in [3.05, 3.63) is 64.8 Å². The predicted octanol–water partition coefficient (Wildman–Crippen LogP) is 3.99. The van der Waals surface area contributed by atoms with Crippen LogP contribution in [0.4, 0.5) is 5.69 Å². The van der Waals surface area contributed by atoms with Crippen LogP contribution >= 0.6 is 11.6 Å². The van der Waals surface area contributed by atoms with Crippen LogP contribution in [-0.2, 0) is 17.9 Å². The number of benzene rings is 2. The van der Waals surface area contributed by atoms with E-state index in [4.69, 9.17) is 20.9 Å². The van der Waals surface area contributed by atoms with Gasteiger partial charge in [0.25, 0.3) is 5.89 Å². The molecular formula is C21H19ClN6O2. The van der Waals surface area contributed by atoms with Crippen LogP contribution in [0.2, 0.25) is 5.02 Å². The van der Waals surface area contributed by atoms with Crippen LogP contribution in [0.25, 0.3) is 23.0 Å². The first-order chi connectivity index (χ1) is 14.6. The van der Waals surface area contributed by atoms with Crippen LogP contribution in [0.3, 0.4) is 0 Å². The Morgan fingerprint density at radius 3 is 2.83 bits per heavy atom. The second-order valence-electron chi connectivity index (χ2n) is 7.26. The summed E-state index contributed by atoms with van der Waals surface area (Å²) in [5.74, 6) is 0.822. The van der Waals surface area contributed by atoms with E-state index >= 15 is 0 Å². The fraction of sp³-hybridized carbons (Fsp3) is 0.238. The SMILES string of the molecule is CN(C)c1cccc(-c2nc(-c3nnn4c3CO[C@H](c3ccccc3Cl)C4)no2)c1. The first-order valence-corrected chi connectivity index (χ1v) is 9.88. The molecule has 0 saturated heterocycles. The zero-order valence-corrected chi connectivity index (χ0v) is 17.2. The highest BCUT2D eigenvalue weighted by Crippen LogP contribution is 2.33. The molecule has 0 amide bonds. The summed E-state index contributed by atoms with van der Waals surface area (Å²) in [6.45, 7) is 0.847. The third-order valence-electron chi connectivity index (χ3n) is 5.10. The number of ether oxygens (including phenoxy) is 1. The van der Waals surface area contributed by atoms with Crippen molar-refractivity contribution >= 4 is 17.3 Å². The summed E-state index contributed by atoms with van der Waals surface area (Å²) in [6, 6.07) is 15.6. The van der Waals surface area contributed by atoms with Crippen molar-refractivity contribution in [1.82, 2.24) is 25.1 Å². The number of halogens is 1. The van der Waals surface area contributed by atoms with E-state index in [2.05, 4.69) is 20.5 Å². The molecule has 1 aliphatic rings. The van der Waals surface area contributed by atoms with E-state index in [-0.39, 0.29) is 6.10 Å². The van der Waals surface area contributed by atoms with Gasteiger partial charge in [-0.1, -0.05) is 46.2 Å². The lowest BCUT2D eigenvalue weighted by Crippen LogP contribution is -2.22. The smallest absolute Gasteiger partial charge is 0.258 e. The fourth-order valence-corrected chi connectivity index (χ4v) is 3.72. The lowest BCUT2D eigenvalue weighted by molar-refractivity contribution is -0.00106. The quantitative estimate of drug-likeness (QED) is 0.491. The number of nitrogens with zero attached hydrogens (tertiary/aromatic N) is 6. The third-order valence-corrected chi connectivity index (χ3v) is 5.44. The van der Waals surface area contributed by atoms with Gasteiger partial charge in [0.1, 0.15) is 6.10 Å². The summed E-state index contributed by atoms with van der Waals surface area (Å²) < 4.78 is 13.4. The summed E-state index contributed by atoms with van der Waals surface area (Å²) >= 11 is 6.32. The maximum atomic E-state index is 6.32. The Morgan fingerprint density at radius 2 is 2.00 bits per heavy atom. The topological polar surface area (TPSA) is 82.1 Å². The predicted molar refractivity (Wildman–Crippen MR) is 112 cm³/mol. The summed E-state index contributed by atoms with van der Waals surface area (Å²) in [5.41, 5.74) is 4.20. The van der Waals surface area contributed by atoms with Crippen molar-refractivity contribution in [2.45, 2.75) is 19.3 Å². The fourth-order valence-electron chi connectivity index (χ4n) is 3.46. The standard InChI is InChI=1S/C21H19ClN6O2/c1-27(2)14-7-5-6-13(10-14)21-23-20(25-30-21)19-17-12-29-18(11-28(17)26-24-19)15-8-3-4-9-16(15)22/h3-10,18H,11-12H2,1-2H3/t18-/m0/s1.